The van der Waals surface area contributed by atoms with Crippen molar-refractivity contribution >= 4 is 22.5 Å². The summed E-state index contributed by atoms with van der Waals surface area (Å²) in [7, 11) is 2.16. The zero-order chi connectivity index (χ0) is 15.1. The SMILES string of the molecule is CCc1ccc2nc(N3CCN(C)CC3)c3nncn3c2c1. The minimum atomic E-state index is 0.852. The van der Waals surface area contributed by atoms with E-state index < -0.39 is 0 Å². The normalized spacial score (nSPS) is 16.7. The lowest BCUT2D eigenvalue weighted by Crippen LogP contribution is -2.45. The summed E-state index contributed by atoms with van der Waals surface area (Å²) in [6.45, 7) is 6.22. The summed E-state index contributed by atoms with van der Waals surface area (Å²) in [5.41, 5.74) is 4.23. The van der Waals surface area contributed by atoms with Gasteiger partial charge in [-0.05, 0) is 31.2 Å². The molecule has 0 bridgehead atoms. The number of anilines is 1. The van der Waals surface area contributed by atoms with Crippen molar-refractivity contribution in [3.05, 3.63) is 30.1 Å². The molecule has 1 saturated heterocycles. The van der Waals surface area contributed by atoms with Crippen LogP contribution >= 0.6 is 0 Å². The monoisotopic (exact) mass is 296 g/mol. The maximum absolute atomic E-state index is 4.88. The molecule has 6 nitrogen and oxygen atoms in total. The molecule has 114 valence electrons. The van der Waals surface area contributed by atoms with Crippen LogP contribution in [-0.4, -0.2) is 57.7 Å². The smallest absolute Gasteiger partial charge is 0.204 e. The predicted molar refractivity (Wildman–Crippen MR) is 87.4 cm³/mol. The van der Waals surface area contributed by atoms with Crippen LogP contribution in [0.5, 0.6) is 0 Å². The zero-order valence-corrected chi connectivity index (χ0v) is 13.0. The number of hydrogen-bond acceptors (Lipinski definition) is 5. The number of aromatic nitrogens is 4. The summed E-state index contributed by atoms with van der Waals surface area (Å²) in [5.74, 6) is 0.947. The Morgan fingerprint density at radius 2 is 1.95 bits per heavy atom. The molecule has 0 aliphatic carbocycles. The van der Waals surface area contributed by atoms with E-state index in [1.807, 2.05) is 0 Å². The van der Waals surface area contributed by atoms with Crippen LogP contribution in [0, 0.1) is 0 Å². The Bertz CT molecular complexity index is 816. The van der Waals surface area contributed by atoms with Gasteiger partial charge in [0.1, 0.15) is 6.33 Å². The fraction of sp³-hybridized carbons (Fsp3) is 0.438. The zero-order valence-electron chi connectivity index (χ0n) is 13.0. The standard InChI is InChI=1S/C16H20N6/c1-3-12-4-5-13-14(10-12)22-11-17-19-16(22)15(18-13)21-8-6-20(2)7-9-21/h4-5,10-11H,3,6-9H2,1-2H3. The van der Waals surface area contributed by atoms with E-state index in [9.17, 15) is 0 Å². The molecule has 1 fully saturated rings. The van der Waals surface area contributed by atoms with Crippen molar-refractivity contribution in [3.63, 3.8) is 0 Å². The number of hydrogen-bond donors (Lipinski definition) is 0. The summed E-state index contributed by atoms with van der Waals surface area (Å²) in [6, 6.07) is 6.44. The van der Waals surface area contributed by atoms with Gasteiger partial charge in [0.2, 0.25) is 5.65 Å². The maximum atomic E-state index is 4.88. The molecule has 1 aliphatic heterocycles. The van der Waals surface area contributed by atoms with Crippen molar-refractivity contribution in [2.75, 3.05) is 38.1 Å². The number of nitrogens with zero attached hydrogens (tertiary/aromatic N) is 6. The first-order valence-electron chi connectivity index (χ1n) is 7.82. The summed E-state index contributed by atoms with van der Waals surface area (Å²) >= 11 is 0. The summed E-state index contributed by atoms with van der Waals surface area (Å²) in [4.78, 5) is 9.54. The van der Waals surface area contributed by atoms with Gasteiger partial charge in [-0.1, -0.05) is 13.0 Å². The molecule has 3 heterocycles. The highest BCUT2D eigenvalue weighted by molar-refractivity contribution is 5.83. The third-order valence-electron chi connectivity index (χ3n) is 4.48. The van der Waals surface area contributed by atoms with E-state index >= 15 is 0 Å². The second kappa shape index (κ2) is 5.21. The van der Waals surface area contributed by atoms with Gasteiger partial charge in [-0.3, -0.25) is 4.40 Å². The maximum Gasteiger partial charge on any atom is 0.204 e. The van der Waals surface area contributed by atoms with Gasteiger partial charge in [0, 0.05) is 26.2 Å². The second-order valence-electron chi connectivity index (χ2n) is 5.93. The van der Waals surface area contributed by atoms with Crippen LogP contribution in [-0.2, 0) is 6.42 Å². The van der Waals surface area contributed by atoms with Gasteiger partial charge >= 0.3 is 0 Å². The molecule has 0 radical (unpaired) electrons. The molecule has 6 heteroatoms. The number of aryl methyl sites for hydroxylation is 1. The van der Waals surface area contributed by atoms with Crippen molar-refractivity contribution < 1.29 is 0 Å². The first-order valence-corrected chi connectivity index (χ1v) is 7.82. The van der Waals surface area contributed by atoms with E-state index in [1.54, 1.807) is 6.33 Å². The van der Waals surface area contributed by atoms with Gasteiger partial charge in [0.05, 0.1) is 11.0 Å². The van der Waals surface area contributed by atoms with Crippen LogP contribution < -0.4 is 4.90 Å². The van der Waals surface area contributed by atoms with E-state index in [2.05, 4.69) is 56.6 Å². The molecule has 22 heavy (non-hydrogen) atoms. The Kier molecular flexibility index (Phi) is 3.18. The largest absolute Gasteiger partial charge is 0.351 e. The van der Waals surface area contributed by atoms with Crippen molar-refractivity contribution in [1.29, 1.82) is 0 Å². The third kappa shape index (κ3) is 2.11. The summed E-state index contributed by atoms with van der Waals surface area (Å²) in [6.07, 6.45) is 2.80. The number of fused-ring (bicyclic) bond motifs is 3. The van der Waals surface area contributed by atoms with E-state index in [4.69, 9.17) is 4.98 Å². The second-order valence-corrected chi connectivity index (χ2v) is 5.93. The highest BCUT2D eigenvalue weighted by atomic mass is 15.3. The molecular weight excluding hydrogens is 276 g/mol. The minimum absolute atomic E-state index is 0.852. The Labute approximate surface area is 129 Å². The lowest BCUT2D eigenvalue weighted by molar-refractivity contribution is 0.312. The highest BCUT2D eigenvalue weighted by Crippen LogP contribution is 2.24. The van der Waals surface area contributed by atoms with Crippen LogP contribution in [0.3, 0.4) is 0 Å². The predicted octanol–water partition coefficient (Wildman–Crippen LogP) is 1.59. The summed E-state index contributed by atoms with van der Waals surface area (Å²) in [5, 5.41) is 8.43. The van der Waals surface area contributed by atoms with Gasteiger partial charge in [-0.2, -0.15) is 0 Å². The van der Waals surface area contributed by atoms with Crippen molar-refractivity contribution in [2.45, 2.75) is 13.3 Å². The van der Waals surface area contributed by atoms with Gasteiger partial charge in [0.15, 0.2) is 5.82 Å². The average molecular weight is 296 g/mol. The van der Waals surface area contributed by atoms with Crippen LogP contribution in [0.4, 0.5) is 5.82 Å². The van der Waals surface area contributed by atoms with Gasteiger partial charge in [0.25, 0.3) is 0 Å². The molecule has 0 spiro atoms. The Morgan fingerprint density at radius 3 is 2.73 bits per heavy atom. The fourth-order valence-corrected chi connectivity index (χ4v) is 3.03. The number of piperazine rings is 1. The van der Waals surface area contributed by atoms with E-state index in [1.165, 1.54) is 5.56 Å². The molecular formula is C16H20N6. The molecule has 3 aromatic rings. The fourth-order valence-electron chi connectivity index (χ4n) is 3.03. The molecule has 0 amide bonds. The molecule has 0 atom stereocenters. The van der Waals surface area contributed by atoms with Crippen molar-refractivity contribution in [2.24, 2.45) is 0 Å². The Balaban J connectivity index is 1.89. The molecule has 1 aliphatic rings. The Hall–Kier alpha value is -2.21. The van der Waals surface area contributed by atoms with Crippen LogP contribution in [0.15, 0.2) is 24.5 Å². The van der Waals surface area contributed by atoms with E-state index in [0.717, 1.165) is 55.1 Å². The van der Waals surface area contributed by atoms with Crippen LogP contribution in [0.1, 0.15) is 12.5 Å². The quantitative estimate of drug-likeness (QED) is 0.719. The third-order valence-corrected chi connectivity index (χ3v) is 4.48. The van der Waals surface area contributed by atoms with Gasteiger partial charge < -0.3 is 9.80 Å². The van der Waals surface area contributed by atoms with Gasteiger partial charge in [-0.25, -0.2) is 4.98 Å². The minimum Gasteiger partial charge on any atom is -0.351 e. The number of rotatable bonds is 2. The molecule has 4 rings (SSSR count). The van der Waals surface area contributed by atoms with Gasteiger partial charge in [-0.15, -0.1) is 10.2 Å². The molecule has 2 aromatic heterocycles. The summed E-state index contributed by atoms with van der Waals surface area (Å²) < 4.78 is 2.06. The molecule has 0 N–H and O–H groups in total. The van der Waals surface area contributed by atoms with Crippen molar-refractivity contribution in [3.8, 4) is 0 Å². The molecule has 0 unspecified atom stereocenters. The lowest BCUT2D eigenvalue weighted by Gasteiger charge is -2.33. The molecule has 1 aromatic carbocycles. The molecule has 0 saturated carbocycles. The highest BCUT2D eigenvalue weighted by Gasteiger charge is 2.20. The first-order chi connectivity index (χ1) is 10.8. The lowest BCUT2D eigenvalue weighted by atomic mass is 10.1. The number of likely N-dealkylation sites (N-methyl/N-ethyl adjacent to an activating group) is 1. The average Bonchev–Trinajstić information content (AvgIpc) is 3.04. The van der Waals surface area contributed by atoms with E-state index in [0.29, 0.717) is 0 Å². The topological polar surface area (TPSA) is 49.6 Å². The Morgan fingerprint density at radius 1 is 1.14 bits per heavy atom. The van der Waals surface area contributed by atoms with Crippen LogP contribution in [0.25, 0.3) is 16.7 Å². The first kappa shape index (κ1) is 13.5. The van der Waals surface area contributed by atoms with Crippen molar-refractivity contribution in [1.82, 2.24) is 24.5 Å². The number of benzene rings is 1. The van der Waals surface area contributed by atoms with E-state index in [-0.39, 0.29) is 0 Å². The van der Waals surface area contributed by atoms with Crippen LogP contribution in [0.2, 0.25) is 0 Å².